The quantitative estimate of drug-likeness (QED) is 0.549. The second-order valence-electron chi connectivity index (χ2n) is 4.64. The molecule has 0 aromatic carbocycles. The van der Waals surface area contributed by atoms with E-state index >= 15 is 0 Å². The Labute approximate surface area is 102 Å². The molecule has 0 amide bonds. The van der Waals surface area contributed by atoms with Gasteiger partial charge in [0, 0.05) is 12.6 Å². The fourth-order valence-corrected chi connectivity index (χ4v) is 2.31. The van der Waals surface area contributed by atoms with Crippen molar-refractivity contribution in [1.29, 1.82) is 0 Å². The van der Waals surface area contributed by atoms with Crippen LogP contribution in [0.4, 0.5) is 0 Å². The zero-order valence-electron chi connectivity index (χ0n) is 11.5. The largest absolute Gasteiger partial charge is 0.396 e. The van der Waals surface area contributed by atoms with Gasteiger partial charge in [-0.05, 0) is 38.8 Å². The van der Waals surface area contributed by atoms with Gasteiger partial charge in [-0.15, -0.1) is 0 Å². The first kappa shape index (κ1) is 15.9. The maximum absolute atomic E-state index is 8.82. The van der Waals surface area contributed by atoms with Crippen LogP contribution in [0.2, 0.25) is 0 Å². The van der Waals surface area contributed by atoms with Crippen LogP contribution in [0.3, 0.4) is 0 Å². The third-order valence-corrected chi connectivity index (χ3v) is 3.29. The van der Waals surface area contributed by atoms with Gasteiger partial charge in [-0.25, -0.2) is 0 Å². The molecule has 2 heteroatoms. The van der Waals surface area contributed by atoms with E-state index in [0.717, 1.165) is 32.0 Å². The van der Waals surface area contributed by atoms with Crippen molar-refractivity contribution < 1.29 is 5.11 Å². The van der Waals surface area contributed by atoms with E-state index in [4.69, 9.17) is 5.11 Å². The number of aliphatic hydroxyl groups is 1. The van der Waals surface area contributed by atoms with Crippen molar-refractivity contribution >= 4 is 0 Å². The lowest BCUT2D eigenvalue weighted by atomic mass is 10.0. The van der Waals surface area contributed by atoms with Crippen LogP contribution in [0.1, 0.15) is 65.7 Å². The third-order valence-electron chi connectivity index (χ3n) is 3.29. The van der Waals surface area contributed by atoms with E-state index in [1.165, 1.54) is 32.1 Å². The van der Waals surface area contributed by atoms with Crippen LogP contribution in [0.5, 0.6) is 0 Å². The smallest absolute Gasteiger partial charge is 0.0431 e. The molecule has 0 heterocycles. The predicted octanol–water partition coefficient (Wildman–Crippen LogP) is 3.44. The number of aliphatic hydroxyl groups excluding tert-OH is 1. The van der Waals surface area contributed by atoms with Crippen molar-refractivity contribution in [2.75, 3.05) is 19.7 Å². The van der Waals surface area contributed by atoms with Gasteiger partial charge in [-0.3, -0.25) is 0 Å². The number of hydrogen-bond donors (Lipinski definition) is 1. The minimum atomic E-state index is 0.338. The van der Waals surface area contributed by atoms with E-state index in [0.29, 0.717) is 6.61 Å². The standard InChI is InChI=1S/C14H31NO/c1-4-7-11-14(10-5-2)15(6-3)12-8-9-13-16/h14,16H,4-13H2,1-3H3. The average Bonchev–Trinajstić information content (AvgIpc) is 2.31. The van der Waals surface area contributed by atoms with Crippen molar-refractivity contribution in [3.63, 3.8) is 0 Å². The van der Waals surface area contributed by atoms with Crippen LogP contribution < -0.4 is 0 Å². The molecule has 2 nitrogen and oxygen atoms in total. The van der Waals surface area contributed by atoms with Crippen molar-refractivity contribution in [1.82, 2.24) is 4.90 Å². The number of unbranched alkanes of at least 4 members (excludes halogenated alkanes) is 2. The molecule has 1 N–H and O–H groups in total. The first-order chi connectivity index (χ1) is 7.79. The van der Waals surface area contributed by atoms with Crippen LogP contribution in [0.25, 0.3) is 0 Å². The summed E-state index contributed by atoms with van der Waals surface area (Å²) < 4.78 is 0. The summed E-state index contributed by atoms with van der Waals surface area (Å²) >= 11 is 0. The highest BCUT2D eigenvalue weighted by Crippen LogP contribution is 2.15. The van der Waals surface area contributed by atoms with E-state index in [1.807, 2.05) is 0 Å². The fraction of sp³-hybridized carbons (Fsp3) is 1.00. The van der Waals surface area contributed by atoms with Gasteiger partial charge in [0.15, 0.2) is 0 Å². The summed E-state index contributed by atoms with van der Waals surface area (Å²) in [5.41, 5.74) is 0. The SMILES string of the molecule is CCCCC(CCC)N(CC)CCCCO. The highest BCUT2D eigenvalue weighted by atomic mass is 16.2. The molecule has 98 valence electrons. The van der Waals surface area contributed by atoms with E-state index in [2.05, 4.69) is 25.7 Å². The number of hydrogen-bond acceptors (Lipinski definition) is 2. The van der Waals surface area contributed by atoms with Gasteiger partial charge in [0.1, 0.15) is 0 Å². The van der Waals surface area contributed by atoms with Gasteiger partial charge < -0.3 is 10.0 Å². The minimum absolute atomic E-state index is 0.338. The minimum Gasteiger partial charge on any atom is -0.396 e. The Balaban J connectivity index is 3.99. The molecule has 0 saturated heterocycles. The monoisotopic (exact) mass is 229 g/mol. The second-order valence-corrected chi connectivity index (χ2v) is 4.64. The summed E-state index contributed by atoms with van der Waals surface area (Å²) in [6, 6.07) is 0.772. The Hall–Kier alpha value is -0.0800. The van der Waals surface area contributed by atoms with Crippen LogP contribution in [0.15, 0.2) is 0 Å². The summed E-state index contributed by atoms with van der Waals surface area (Å²) in [4.78, 5) is 2.61. The van der Waals surface area contributed by atoms with Gasteiger partial charge in [0.05, 0.1) is 0 Å². The Morgan fingerprint density at radius 3 is 2.19 bits per heavy atom. The molecule has 16 heavy (non-hydrogen) atoms. The molecule has 0 aliphatic heterocycles. The molecule has 1 atom stereocenters. The van der Waals surface area contributed by atoms with Gasteiger partial charge in [-0.2, -0.15) is 0 Å². The van der Waals surface area contributed by atoms with Crippen molar-refractivity contribution in [2.24, 2.45) is 0 Å². The molecule has 0 radical (unpaired) electrons. The van der Waals surface area contributed by atoms with Crippen molar-refractivity contribution in [3.8, 4) is 0 Å². The Morgan fingerprint density at radius 1 is 0.938 bits per heavy atom. The van der Waals surface area contributed by atoms with E-state index in [-0.39, 0.29) is 0 Å². The Kier molecular flexibility index (Phi) is 11.3. The molecule has 0 aliphatic rings. The van der Waals surface area contributed by atoms with Crippen molar-refractivity contribution in [3.05, 3.63) is 0 Å². The second kappa shape index (κ2) is 11.4. The lowest BCUT2D eigenvalue weighted by molar-refractivity contribution is 0.172. The summed E-state index contributed by atoms with van der Waals surface area (Å²) in [7, 11) is 0. The van der Waals surface area contributed by atoms with Crippen LogP contribution in [0, 0.1) is 0 Å². The summed E-state index contributed by atoms with van der Waals surface area (Å²) in [5, 5.41) is 8.82. The summed E-state index contributed by atoms with van der Waals surface area (Å²) in [6.45, 7) is 9.45. The molecule has 0 fully saturated rings. The maximum atomic E-state index is 8.82. The van der Waals surface area contributed by atoms with Gasteiger partial charge in [0.2, 0.25) is 0 Å². The maximum Gasteiger partial charge on any atom is 0.0431 e. The van der Waals surface area contributed by atoms with E-state index in [1.54, 1.807) is 0 Å². The van der Waals surface area contributed by atoms with E-state index in [9.17, 15) is 0 Å². The zero-order chi connectivity index (χ0) is 12.2. The topological polar surface area (TPSA) is 23.5 Å². The van der Waals surface area contributed by atoms with Gasteiger partial charge in [0.25, 0.3) is 0 Å². The van der Waals surface area contributed by atoms with E-state index < -0.39 is 0 Å². The van der Waals surface area contributed by atoms with Gasteiger partial charge >= 0.3 is 0 Å². The molecule has 1 unspecified atom stereocenters. The highest BCUT2D eigenvalue weighted by molar-refractivity contribution is 4.70. The fourth-order valence-electron chi connectivity index (χ4n) is 2.31. The molecule has 0 spiro atoms. The third kappa shape index (κ3) is 7.24. The number of rotatable bonds is 11. The van der Waals surface area contributed by atoms with Crippen LogP contribution >= 0.6 is 0 Å². The Bertz CT molecular complexity index is 139. The zero-order valence-corrected chi connectivity index (χ0v) is 11.5. The first-order valence-electron chi connectivity index (χ1n) is 7.14. The Morgan fingerprint density at radius 2 is 1.69 bits per heavy atom. The highest BCUT2D eigenvalue weighted by Gasteiger charge is 2.14. The average molecular weight is 229 g/mol. The van der Waals surface area contributed by atoms with Crippen LogP contribution in [-0.4, -0.2) is 35.7 Å². The summed E-state index contributed by atoms with van der Waals surface area (Å²) in [6.07, 6.45) is 8.69. The predicted molar refractivity (Wildman–Crippen MR) is 71.8 cm³/mol. The lowest BCUT2D eigenvalue weighted by Gasteiger charge is -2.30. The molecular weight excluding hydrogens is 198 g/mol. The molecule has 0 rings (SSSR count). The number of nitrogens with zero attached hydrogens (tertiary/aromatic N) is 1. The molecular formula is C14H31NO. The molecule has 0 saturated carbocycles. The molecule has 0 aliphatic carbocycles. The molecule has 0 bridgehead atoms. The first-order valence-corrected chi connectivity index (χ1v) is 7.14. The normalized spacial score (nSPS) is 13.3. The molecule has 0 aromatic rings. The lowest BCUT2D eigenvalue weighted by Crippen LogP contribution is -2.36. The van der Waals surface area contributed by atoms with Gasteiger partial charge in [-0.1, -0.05) is 40.0 Å². The van der Waals surface area contributed by atoms with Crippen LogP contribution in [-0.2, 0) is 0 Å². The molecule has 0 aromatic heterocycles. The van der Waals surface area contributed by atoms with Crippen molar-refractivity contribution in [2.45, 2.75) is 71.8 Å². The summed E-state index contributed by atoms with van der Waals surface area (Å²) in [5.74, 6) is 0.